The predicted molar refractivity (Wildman–Crippen MR) is 62.7 cm³/mol. The zero-order valence-corrected chi connectivity index (χ0v) is 10.3. The quantitative estimate of drug-likeness (QED) is 0.695. The summed E-state index contributed by atoms with van der Waals surface area (Å²) in [6.07, 6.45) is 3.51. The van der Waals surface area contributed by atoms with E-state index in [2.05, 4.69) is 15.3 Å². The molecule has 0 spiro atoms. The first-order valence-corrected chi connectivity index (χ1v) is 5.98. The highest BCUT2D eigenvalue weighted by molar-refractivity contribution is 6.06. The van der Waals surface area contributed by atoms with Crippen LogP contribution in [0.4, 0.5) is 0 Å². The standard InChI is InChI=1S/C12H12N4O3/c1-12(3-2-8(17)15-11(12)19)16-6-7-9(10(16)18)14-5-4-13-7/h4-5H,2-3,6H2,1H3,(H,15,17,19). The normalized spacial score (nSPS) is 26.4. The molecule has 1 aromatic heterocycles. The minimum atomic E-state index is -1.02. The monoisotopic (exact) mass is 260 g/mol. The van der Waals surface area contributed by atoms with Crippen LogP contribution in [-0.4, -0.2) is 38.1 Å². The molecule has 3 rings (SSSR count). The van der Waals surface area contributed by atoms with Crippen molar-refractivity contribution < 1.29 is 14.4 Å². The third-order valence-corrected chi connectivity index (χ3v) is 3.71. The van der Waals surface area contributed by atoms with Gasteiger partial charge in [-0.1, -0.05) is 0 Å². The van der Waals surface area contributed by atoms with E-state index in [4.69, 9.17) is 0 Å². The van der Waals surface area contributed by atoms with Crippen LogP contribution in [0.2, 0.25) is 0 Å². The van der Waals surface area contributed by atoms with E-state index in [0.29, 0.717) is 12.1 Å². The summed E-state index contributed by atoms with van der Waals surface area (Å²) < 4.78 is 0. The lowest BCUT2D eigenvalue weighted by atomic mass is 9.89. The van der Waals surface area contributed by atoms with Crippen molar-refractivity contribution in [2.24, 2.45) is 0 Å². The summed E-state index contributed by atoms with van der Waals surface area (Å²) >= 11 is 0. The van der Waals surface area contributed by atoms with Crippen molar-refractivity contribution in [1.29, 1.82) is 0 Å². The maximum absolute atomic E-state index is 12.3. The molecule has 0 saturated carbocycles. The van der Waals surface area contributed by atoms with Crippen LogP contribution in [0.25, 0.3) is 0 Å². The van der Waals surface area contributed by atoms with Gasteiger partial charge in [0.2, 0.25) is 5.91 Å². The molecule has 2 aliphatic rings. The van der Waals surface area contributed by atoms with Gasteiger partial charge in [0, 0.05) is 18.8 Å². The first-order valence-electron chi connectivity index (χ1n) is 5.98. The van der Waals surface area contributed by atoms with Crippen LogP contribution in [0.3, 0.4) is 0 Å². The van der Waals surface area contributed by atoms with Crippen LogP contribution in [0, 0.1) is 0 Å². The van der Waals surface area contributed by atoms with Crippen molar-refractivity contribution in [3.63, 3.8) is 0 Å². The second-order valence-electron chi connectivity index (χ2n) is 4.89. The molecule has 7 nitrogen and oxygen atoms in total. The van der Waals surface area contributed by atoms with Gasteiger partial charge in [0.25, 0.3) is 11.8 Å². The van der Waals surface area contributed by atoms with Gasteiger partial charge in [0.15, 0.2) is 5.69 Å². The molecule has 1 unspecified atom stereocenters. The minimum absolute atomic E-state index is 0.225. The first kappa shape index (κ1) is 11.8. The van der Waals surface area contributed by atoms with E-state index >= 15 is 0 Å². The van der Waals surface area contributed by atoms with Gasteiger partial charge in [-0.2, -0.15) is 0 Å². The van der Waals surface area contributed by atoms with E-state index in [0.717, 1.165) is 0 Å². The van der Waals surface area contributed by atoms with Gasteiger partial charge in [-0.3, -0.25) is 24.7 Å². The number of amides is 3. The van der Waals surface area contributed by atoms with Gasteiger partial charge in [-0.15, -0.1) is 0 Å². The van der Waals surface area contributed by atoms with E-state index in [1.165, 1.54) is 17.3 Å². The van der Waals surface area contributed by atoms with Gasteiger partial charge in [-0.25, -0.2) is 4.98 Å². The molecule has 1 fully saturated rings. The van der Waals surface area contributed by atoms with Gasteiger partial charge >= 0.3 is 0 Å². The van der Waals surface area contributed by atoms with Crippen molar-refractivity contribution in [3.8, 4) is 0 Å². The molecule has 3 amide bonds. The molecule has 0 aromatic carbocycles. The second-order valence-corrected chi connectivity index (χ2v) is 4.89. The lowest BCUT2D eigenvalue weighted by Crippen LogP contribution is -2.61. The maximum atomic E-state index is 12.3. The maximum Gasteiger partial charge on any atom is 0.275 e. The van der Waals surface area contributed by atoms with Crippen molar-refractivity contribution in [1.82, 2.24) is 20.2 Å². The number of carbonyl (C=O) groups is 3. The minimum Gasteiger partial charge on any atom is -0.317 e. The summed E-state index contributed by atoms with van der Waals surface area (Å²) in [7, 11) is 0. The van der Waals surface area contributed by atoms with Crippen LogP contribution < -0.4 is 5.32 Å². The highest BCUT2D eigenvalue weighted by Crippen LogP contribution is 2.32. The topological polar surface area (TPSA) is 92.3 Å². The third-order valence-electron chi connectivity index (χ3n) is 3.71. The first-order chi connectivity index (χ1) is 9.02. The SMILES string of the molecule is CC1(N2Cc3nccnc3C2=O)CCC(=O)NC1=O. The molecule has 0 aliphatic carbocycles. The number of imide groups is 1. The summed E-state index contributed by atoms with van der Waals surface area (Å²) in [6, 6.07) is 0. The van der Waals surface area contributed by atoms with Crippen LogP contribution in [0.5, 0.6) is 0 Å². The number of aromatic nitrogens is 2. The van der Waals surface area contributed by atoms with Crippen molar-refractivity contribution in [2.45, 2.75) is 31.8 Å². The van der Waals surface area contributed by atoms with Crippen molar-refractivity contribution in [3.05, 3.63) is 23.8 Å². The lowest BCUT2D eigenvalue weighted by molar-refractivity contribution is -0.142. The Labute approximate surface area is 109 Å². The fraction of sp³-hybridized carbons (Fsp3) is 0.417. The molecule has 98 valence electrons. The summed E-state index contributed by atoms with van der Waals surface area (Å²) in [5.74, 6) is -1.05. The van der Waals surface area contributed by atoms with E-state index in [1.807, 2.05) is 0 Å². The molecule has 1 atom stereocenters. The highest BCUT2D eigenvalue weighted by atomic mass is 16.2. The number of nitrogens with zero attached hydrogens (tertiary/aromatic N) is 3. The van der Waals surface area contributed by atoms with E-state index in [9.17, 15) is 14.4 Å². The lowest BCUT2D eigenvalue weighted by Gasteiger charge is -2.39. The molecular weight excluding hydrogens is 248 g/mol. The molecule has 1 aromatic rings. The fourth-order valence-electron chi connectivity index (χ4n) is 2.46. The number of hydrogen-bond acceptors (Lipinski definition) is 5. The largest absolute Gasteiger partial charge is 0.317 e. The molecule has 2 aliphatic heterocycles. The zero-order chi connectivity index (χ0) is 13.6. The van der Waals surface area contributed by atoms with E-state index in [-0.39, 0.29) is 30.5 Å². The third kappa shape index (κ3) is 1.61. The number of nitrogens with one attached hydrogen (secondary N) is 1. The zero-order valence-electron chi connectivity index (χ0n) is 10.3. The Bertz CT molecular complexity index is 600. The van der Waals surface area contributed by atoms with Gasteiger partial charge in [-0.05, 0) is 13.3 Å². The van der Waals surface area contributed by atoms with Crippen LogP contribution >= 0.6 is 0 Å². The van der Waals surface area contributed by atoms with E-state index < -0.39 is 11.4 Å². The average Bonchev–Trinajstić information content (AvgIpc) is 2.73. The summed E-state index contributed by atoms with van der Waals surface area (Å²) in [6.45, 7) is 1.92. The Kier molecular flexibility index (Phi) is 2.38. The molecule has 0 radical (unpaired) electrons. The Morgan fingerprint density at radius 3 is 2.68 bits per heavy atom. The number of piperidine rings is 1. The Hall–Kier alpha value is -2.31. The Morgan fingerprint density at radius 1 is 1.26 bits per heavy atom. The Morgan fingerprint density at radius 2 is 2.00 bits per heavy atom. The van der Waals surface area contributed by atoms with Crippen LogP contribution in [0.15, 0.2) is 12.4 Å². The van der Waals surface area contributed by atoms with Crippen LogP contribution in [0.1, 0.15) is 35.9 Å². The Balaban J connectivity index is 1.95. The highest BCUT2D eigenvalue weighted by Gasteiger charge is 2.49. The van der Waals surface area contributed by atoms with Gasteiger partial charge in [0.1, 0.15) is 5.54 Å². The molecular formula is C12H12N4O3. The molecule has 0 bridgehead atoms. The van der Waals surface area contributed by atoms with E-state index in [1.54, 1.807) is 6.92 Å². The molecule has 1 N–H and O–H groups in total. The predicted octanol–water partition coefficient (Wildman–Crippen LogP) is -0.372. The van der Waals surface area contributed by atoms with Gasteiger partial charge in [0.05, 0.1) is 12.2 Å². The van der Waals surface area contributed by atoms with Crippen LogP contribution in [-0.2, 0) is 16.1 Å². The van der Waals surface area contributed by atoms with Crippen molar-refractivity contribution in [2.75, 3.05) is 0 Å². The summed E-state index contributed by atoms with van der Waals surface area (Å²) in [5.41, 5.74) is -0.167. The number of rotatable bonds is 1. The summed E-state index contributed by atoms with van der Waals surface area (Å²) in [5, 5.41) is 2.28. The smallest absolute Gasteiger partial charge is 0.275 e. The number of carbonyl (C=O) groups excluding carboxylic acids is 3. The molecule has 1 saturated heterocycles. The average molecular weight is 260 g/mol. The second kappa shape index (κ2) is 3.84. The number of hydrogen-bond donors (Lipinski definition) is 1. The van der Waals surface area contributed by atoms with Gasteiger partial charge < -0.3 is 4.90 Å². The van der Waals surface area contributed by atoms with Crippen molar-refractivity contribution >= 4 is 17.7 Å². The molecule has 3 heterocycles. The molecule has 19 heavy (non-hydrogen) atoms. The fourth-order valence-corrected chi connectivity index (χ4v) is 2.46. The molecule has 7 heteroatoms. The summed E-state index contributed by atoms with van der Waals surface area (Å²) in [4.78, 5) is 45.1. The number of fused-ring (bicyclic) bond motifs is 1.